The zero-order valence-corrected chi connectivity index (χ0v) is 25.7. The summed E-state index contributed by atoms with van der Waals surface area (Å²) in [5.41, 5.74) is 7.85. The van der Waals surface area contributed by atoms with Gasteiger partial charge in [0.1, 0.15) is 11.2 Å². The summed E-state index contributed by atoms with van der Waals surface area (Å²) < 4.78 is 8.83. The smallest absolute Gasteiger partial charge is 0.238 e. The molecule has 0 fully saturated rings. The first-order valence-electron chi connectivity index (χ1n) is 16.0. The lowest BCUT2D eigenvalue weighted by Gasteiger charge is -2.12. The van der Waals surface area contributed by atoms with Crippen molar-refractivity contribution in [2.75, 3.05) is 0 Å². The average Bonchev–Trinajstić information content (AvgIpc) is 3.72. The summed E-state index contributed by atoms with van der Waals surface area (Å²) in [4.78, 5) is 15.6. The third-order valence-electron chi connectivity index (χ3n) is 9.25. The lowest BCUT2D eigenvalue weighted by molar-refractivity contribution is 0.672. The fraction of sp³-hybridized carbons (Fsp3) is 0. The number of benzene rings is 7. The highest BCUT2D eigenvalue weighted by molar-refractivity contribution is 6.21. The molecule has 0 aliphatic carbocycles. The van der Waals surface area contributed by atoms with Crippen LogP contribution >= 0.6 is 0 Å². The molecule has 10 aromatic rings. The van der Waals surface area contributed by atoms with E-state index in [4.69, 9.17) is 19.4 Å². The predicted octanol–water partition coefficient (Wildman–Crippen LogP) is 11.0. The summed E-state index contributed by atoms with van der Waals surface area (Å²) in [6, 6.07) is 54.4. The molecule has 0 N–H and O–H groups in total. The molecule has 10 rings (SSSR count). The van der Waals surface area contributed by atoms with Crippen molar-refractivity contribution in [3.63, 3.8) is 0 Å². The highest BCUT2D eigenvalue weighted by Crippen LogP contribution is 2.42. The van der Waals surface area contributed by atoms with Gasteiger partial charge in [-0.15, -0.1) is 0 Å². The van der Waals surface area contributed by atoms with Crippen LogP contribution in [0.25, 0.3) is 94.4 Å². The molecule has 0 radical (unpaired) electrons. The van der Waals surface area contributed by atoms with Crippen LogP contribution in [0.1, 0.15) is 0 Å². The molecule has 0 atom stereocenters. The Kier molecular flexibility index (Phi) is 5.81. The summed E-state index contributed by atoms with van der Waals surface area (Å²) in [6.45, 7) is 0. The van der Waals surface area contributed by atoms with Crippen molar-refractivity contribution in [1.29, 1.82) is 0 Å². The number of para-hydroxylation sites is 3. The fourth-order valence-electron chi connectivity index (χ4n) is 7.04. The van der Waals surface area contributed by atoms with Crippen LogP contribution in [-0.4, -0.2) is 19.5 Å². The zero-order valence-electron chi connectivity index (χ0n) is 25.7. The molecule has 0 aliphatic rings. The summed E-state index contributed by atoms with van der Waals surface area (Å²) >= 11 is 0. The van der Waals surface area contributed by atoms with Crippen LogP contribution in [-0.2, 0) is 0 Å². The molecule has 0 bridgehead atoms. The van der Waals surface area contributed by atoms with Crippen molar-refractivity contribution in [2.45, 2.75) is 0 Å². The number of hydrogen-bond donors (Lipinski definition) is 0. The van der Waals surface area contributed by atoms with Gasteiger partial charge in [0, 0.05) is 38.1 Å². The molecule has 7 aromatic carbocycles. The monoisotopic (exact) mass is 614 g/mol. The van der Waals surface area contributed by atoms with E-state index in [0.717, 1.165) is 76.8 Å². The Hall–Kier alpha value is -6.59. The Balaban J connectivity index is 1.31. The van der Waals surface area contributed by atoms with Crippen LogP contribution in [0.5, 0.6) is 0 Å². The SMILES string of the molecule is c1ccc(-c2ccc3cc(-c4nc(-c5ccccc5)nc(-n5c6ccccc6c6ccccc65)n4)c4c5ccccc5oc4c3c2)cc1. The molecule has 0 spiro atoms. The Morgan fingerprint density at radius 2 is 1.04 bits per heavy atom. The van der Waals surface area contributed by atoms with E-state index in [1.807, 2.05) is 48.5 Å². The summed E-state index contributed by atoms with van der Waals surface area (Å²) in [7, 11) is 0. The minimum Gasteiger partial charge on any atom is -0.455 e. The zero-order chi connectivity index (χ0) is 31.6. The maximum atomic E-state index is 6.68. The van der Waals surface area contributed by atoms with Gasteiger partial charge in [0.15, 0.2) is 11.6 Å². The number of rotatable bonds is 4. The predicted molar refractivity (Wildman–Crippen MR) is 195 cm³/mol. The Bertz CT molecular complexity index is 2780. The van der Waals surface area contributed by atoms with Crippen LogP contribution in [0.3, 0.4) is 0 Å². The van der Waals surface area contributed by atoms with Crippen LogP contribution in [0.15, 0.2) is 162 Å². The standard InChI is InChI=1S/C43H26N4O/c1-3-13-27(14-4-1)29-23-24-30-26-35(39-33-19-9-12-22-38(33)48-40(39)34(30)25-29)42-44-41(28-15-5-2-6-16-28)45-43(46-42)47-36-20-10-7-17-31(36)32-18-8-11-21-37(32)47/h1-26H. The second kappa shape index (κ2) is 10.5. The second-order valence-electron chi connectivity index (χ2n) is 12.0. The van der Waals surface area contributed by atoms with Gasteiger partial charge in [0.2, 0.25) is 5.95 Å². The number of aromatic nitrogens is 4. The molecular formula is C43H26N4O. The lowest BCUT2D eigenvalue weighted by atomic mass is 9.96. The fourth-order valence-corrected chi connectivity index (χ4v) is 7.04. The van der Waals surface area contributed by atoms with Gasteiger partial charge < -0.3 is 4.42 Å². The normalized spacial score (nSPS) is 11.8. The van der Waals surface area contributed by atoms with Crippen LogP contribution in [0.4, 0.5) is 0 Å². The van der Waals surface area contributed by atoms with E-state index in [-0.39, 0.29) is 0 Å². The van der Waals surface area contributed by atoms with E-state index in [2.05, 4.69) is 114 Å². The first kappa shape index (κ1) is 26.6. The molecule has 0 aliphatic heterocycles. The van der Waals surface area contributed by atoms with Gasteiger partial charge in [-0.25, -0.2) is 4.98 Å². The Morgan fingerprint density at radius 1 is 0.438 bits per heavy atom. The van der Waals surface area contributed by atoms with Gasteiger partial charge >= 0.3 is 0 Å². The third kappa shape index (κ3) is 4.08. The lowest BCUT2D eigenvalue weighted by Crippen LogP contribution is -2.06. The first-order chi connectivity index (χ1) is 23.8. The molecule has 0 amide bonds. The van der Waals surface area contributed by atoms with E-state index in [1.54, 1.807) is 0 Å². The van der Waals surface area contributed by atoms with Crippen LogP contribution in [0.2, 0.25) is 0 Å². The third-order valence-corrected chi connectivity index (χ3v) is 9.25. The number of nitrogens with zero attached hydrogens (tertiary/aromatic N) is 4. The molecule has 0 unspecified atom stereocenters. The molecule has 0 saturated heterocycles. The number of furan rings is 1. The number of fused-ring (bicyclic) bond motifs is 8. The molecule has 48 heavy (non-hydrogen) atoms. The summed E-state index contributed by atoms with van der Waals surface area (Å²) in [6.07, 6.45) is 0. The van der Waals surface area contributed by atoms with Gasteiger partial charge in [-0.3, -0.25) is 4.57 Å². The maximum Gasteiger partial charge on any atom is 0.238 e. The molecule has 224 valence electrons. The Morgan fingerprint density at radius 3 is 1.77 bits per heavy atom. The maximum absolute atomic E-state index is 6.68. The highest BCUT2D eigenvalue weighted by atomic mass is 16.3. The van der Waals surface area contributed by atoms with Crippen molar-refractivity contribution < 1.29 is 4.42 Å². The van der Waals surface area contributed by atoms with Crippen LogP contribution < -0.4 is 0 Å². The quantitative estimate of drug-likeness (QED) is 0.198. The summed E-state index contributed by atoms with van der Waals surface area (Å²) in [5.74, 6) is 1.76. The highest BCUT2D eigenvalue weighted by Gasteiger charge is 2.22. The van der Waals surface area contributed by atoms with Crippen LogP contribution in [0, 0.1) is 0 Å². The topological polar surface area (TPSA) is 56.7 Å². The van der Waals surface area contributed by atoms with Gasteiger partial charge in [-0.05, 0) is 46.8 Å². The molecule has 0 saturated carbocycles. The van der Waals surface area contributed by atoms with E-state index in [1.165, 1.54) is 0 Å². The van der Waals surface area contributed by atoms with Crippen molar-refractivity contribution >= 4 is 54.5 Å². The molecular weight excluding hydrogens is 589 g/mol. The molecule has 5 heteroatoms. The number of hydrogen-bond acceptors (Lipinski definition) is 4. The molecule has 3 heterocycles. The van der Waals surface area contributed by atoms with Gasteiger partial charge in [0.25, 0.3) is 0 Å². The van der Waals surface area contributed by atoms with Crippen molar-refractivity contribution in [3.8, 4) is 39.9 Å². The van der Waals surface area contributed by atoms with Gasteiger partial charge in [-0.2, -0.15) is 9.97 Å². The van der Waals surface area contributed by atoms with E-state index in [9.17, 15) is 0 Å². The van der Waals surface area contributed by atoms with Gasteiger partial charge in [-0.1, -0.05) is 127 Å². The largest absolute Gasteiger partial charge is 0.455 e. The Labute approximate surface area is 275 Å². The van der Waals surface area contributed by atoms with Crippen molar-refractivity contribution in [3.05, 3.63) is 158 Å². The minimum absolute atomic E-state index is 0.566. The summed E-state index contributed by atoms with van der Waals surface area (Å²) in [5, 5.41) is 6.41. The van der Waals surface area contributed by atoms with E-state index >= 15 is 0 Å². The van der Waals surface area contributed by atoms with Crippen molar-refractivity contribution in [2.24, 2.45) is 0 Å². The molecule has 3 aromatic heterocycles. The van der Waals surface area contributed by atoms with E-state index in [0.29, 0.717) is 17.6 Å². The van der Waals surface area contributed by atoms with E-state index < -0.39 is 0 Å². The second-order valence-corrected chi connectivity index (χ2v) is 12.0. The van der Waals surface area contributed by atoms with Gasteiger partial charge in [0.05, 0.1) is 11.0 Å². The minimum atomic E-state index is 0.566. The molecule has 5 nitrogen and oxygen atoms in total. The average molecular weight is 615 g/mol. The van der Waals surface area contributed by atoms with Crippen molar-refractivity contribution in [1.82, 2.24) is 19.5 Å². The first-order valence-corrected chi connectivity index (χ1v) is 16.0.